The Kier molecular flexibility index (Phi) is 5.75. The molecule has 3 aromatic rings. The van der Waals surface area contributed by atoms with E-state index in [4.69, 9.17) is 9.26 Å². The average Bonchev–Trinajstić information content (AvgIpc) is 3.56. The van der Waals surface area contributed by atoms with Gasteiger partial charge in [-0.2, -0.15) is 0 Å². The Labute approximate surface area is 195 Å². The van der Waals surface area contributed by atoms with Crippen molar-refractivity contribution in [1.29, 1.82) is 0 Å². The third kappa shape index (κ3) is 4.12. The highest BCUT2D eigenvalue weighted by Gasteiger charge is 2.34. The lowest BCUT2D eigenvalue weighted by molar-refractivity contribution is -0.142. The first-order valence-corrected chi connectivity index (χ1v) is 11.1. The molecule has 5 rings (SSSR count). The van der Waals surface area contributed by atoms with Crippen LogP contribution >= 0.6 is 0 Å². The summed E-state index contributed by atoms with van der Waals surface area (Å²) >= 11 is 0. The summed E-state index contributed by atoms with van der Waals surface area (Å²) in [6.07, 6.45) is 1.11. The SMILES string of the molecule is O=C(Nc1cc(C(=O)NC2CCCC2C(=O)O)no1)OCC1c2ccccc2-c2ccccc21. The van der Waals surface area contributed by atoms with E-state index in [9.17, 15) is 19.5 Å². The van der Waals surface area contributed by atoms with Gasteiger partial charge in [0.1, 0.15) is 6.61 Å². The molecule has 2 atom stereocenters. The number of amides is 2. The predicted octanol–water partition coefficient (Wildman–Crippen LogP) is 4.02. The van der Waals surface area contributed by atoms with Gasteiger partial charge in [-0.15, -0.1) is 0 Å². The number of rotatable bonds is 6. The summed E-state index contributed by atoms with van der Waals surface area (Å²) < 4.78 is 10.5. The van der Waals surface area contributed by atoms with Gasteiger partial charge in [-0.05, 0) is 35.1 Å². The molecule has 9 nitrogen and oxygen atoms in total. The van der Waals surface area contributed by atoms with E-state index >= 15 is 0 Å². The number of nitrogens with one attached hydrogen (secondary N) is 2. The van der Waals surface area contributed by atoms with E-state index in [1.165, 1.54) is 6.07 Å². The second kappa shape index (κ2) is 9.01. The maximum Gasteiger partial charge on any atom is 0.414 e. The van der Waals surface area contributed by atoms with Crippen LogP contribution in [0.25, 0.3) is 11.1 Å². The van der Waals surface area contributed by atoms with E-state index in [0.717, 1.165) is 28.7 Å². The molecule has 1 heterocycles. The minimum absolute atomic E-state index is 0.0384. The summed E-state index contributed by atoms with van der Waals surface area (Å²) in [5.74, 6) is -2.22. The Balaban J connectivity index is 1.19. The second-order valence-corrected chi connectivity index (χ2v) is 8.48. The molecule has 34 heavy (non-hydrogen) atoms. The van der Waals surface area contributed by atoms with Gasteiger partial charge >= 0.3 is 12.1 Å². The van der Waals surface area contributed by atoms with E-state index in [1.54, 1.807) is 0 Å². The normalized spacial score (nSPS) is 18.7. The summed E-state index contributed by atoms with van der Waals surface area (Å²) in [6.45, 7) is 0.138. The van der Waals surface area contributed by atoms with Gasteiger partial charge in [0.05, 0.1) is 5.92 Å². The number of aliphatic carboxylic acids is 1. The molecule has 0 bridgehead atoms. The van der Waals surface area contributed by atoms with E-state index in [-0.39, 0.29) is 24.1 Å². The lowest BCUT2D eigenvalue weighted by Gasteiger charge is -2.16. The number of carboxylic acid groups (broad SMARTS) is 1. The molecule has 3 N–H and O–H groups in total. The Morgan fingerprint density at radius 3 is 2.38 bits per heavy atom. The van der Waals surface area contributed by atoms with Crippen LogP contribution in [0.1, 0.15) is 46.8 Å². The van der Waals surface area contributed by atoms with E-state index in [0.29, 0.717) is 12.8 Å². The monoisotopic (exact) mass is 461 g/mol. The molecule has 174 valence electrons. The second-order valence-electron chi connectivity index (χ2n) is 8.48. The summed E-state index contributed by atoms with van der Waals surface area (Å²) in [5.41, 5.74) is 4.41. The zero-order valence-corrected chi connectivity index (χ0v) is 18.2. The molecule has 0 spiro atoms. The first-order valence-electron chi connectivity index (χ1n) is 11.1. The number of carboxylic acids is 1. The van der Waals surface area contributed by atoms with Crippen LogP contribution in [0.4, 0.5) is 10.7 Å². The molecule has 2 unspecified atom stereocenters. The lowest BCUT2D eigenvalue weighted by atomic mass is 9.98. The van der Waals surface area contributed by atoms with Gasteiger partial charge in [0.15, 0.2) is 5.69 Å². The Bertz CT molecular complexity index is 1210. The fraction of sp³-hybridized carbons (Fsp3) is 0.280. The van der Waals surface area contributed by atoms with Crippen LogP contribution < -0.4 is 10.6 Å². The summed E-state index contributed by atoms with van der Waals surface area (Å²) in [6, 6.07) is 16.9. The van der Waals surface area contributed by atoms with Gasteiger partial charge in [0, 0.05) is 18.0 Å². The number of benzene rings is 2. The fourth-order valence-electron chi connectivity index (χ4n) is 4.85. The van der Waals surface area contributed by atoms with Gasteiger partial charge in [-0.25, -0.2) is 4.79 Å². The molecular formula is C25H23N3O6. The van der Waals surface area contributed by atoms with Crippen molar-refractivity contribution >= 4 is 23.9 Å². The quantitative estimate of drug-likeness (QED) is 0.505. The maximum atomic E-state index is 12.4. The van der Waals surface area contributed by atoms with Crippen LogP contribution in [0.2, 0.25) is 0 Å². The number of carbonyl (C=O) groups excluding carboxylic acids is 2. The van der Waals surface area contributed by atoms with Crippen molar-refractivity contribution < 1.29 is 28.8 Å². The minimum Gasteiger partial charge on any atom is -0.481 e. The van der Waals surface area contributed by atoms with Crippen molar-refractivity contribution in [2.75, 3.05) is 11.9 Å². The van der Waals surface area contributed by atoms with Gasteiger partial charge in [0.25, 0.3) is 5.91 Å². The Morgan fingerprint density at radius 1 is 1.03 bits per heavy atom. The number of nitrogens with zero attached hydrogens (tertiary/aromatic N) is 1. The smallest absolute Gasteiger partial charge is 0.414 e. The van der Waals surface area contributed by atoms with Crippen molar-refractivity contribution in [2.45, 2.75) is 31.2 Å². The van der Waals surface area contributed by atoms with E-state index in [1.807, 2.05) is 36.4 Å². The number of ether oxygens (including phenoxy) is 1. The largest absolute Gasteiger partial charge is 0.481 e. The molecular weight excluding hydrogens is 438 g/mol. The molecule has 2 aliphatic carbocycles. The van der Waals surface area contributed by atoms with Crippen LogP contribution in [0, 0.1) is 5.92 Å². The molecule has 2 aliphatic rings. The molecule has 1 aromatic heterocycles. The highest BCUT2D eigenvalue weighted by Crippen LogP contribution is 2.44. The van der Waals surface area contributed by atoms with Crippen molar-refractivity contribution in [3.05, 3.63) is 71.4 Å². The zero-order chi connectivity index (χ0) is 23.7. The highest BCUT2D eigenvalue weighted by molar-refractivity contribution is 5.94. The molecule has 1 saturated carbocycles. The molecule has 0 aliphatic heterocycles. The van der Waals surface area contributed by atoms with Crippen LogP contribution in [-0.2, 0) is 9.53 Å². The summed E-state index contributed by atoms with van der Waals surface area (Å²) in [4.78, 5) is 36.1. The number of hydrogen-bond acceptors (Lipinski definition) is 6. The standard InChI is InChI=1S/C25H23N3O6/c29-23(26-20-11-5-10-18(20)24(30)31)21-12-22(34-28-21)27-25(32)33-13-19-16-8-3-1-6-14(16)15-7-2-4-9-17(15)19/h1-4,6-9,12,18-20H,5,10-11,13H2,(H,26,29)(H,27,32)(H,30,31). The number of aromatic nitrogens is 1. The lowest BCUT2D eigenvalue weighted by Crippen LogP contribution is -2.40. The highest BCUT2D eigenvalue weighted by atomic mass is 16.6. The van der Waals surface area contributed by atoms with Crippen molar-refractivity contribution in [2.24, 2.45) is 5.92 Å². The van der Waals surface area contributed by atoms with Crippen LogP contribution in [0.15, 0.2) is 59.1 Å². The fourth-order valence-corrected chi connectivity index (χ4v) is 4.85. The van der Waals surface area contributed by atoms with Crippen molar-refractivity contribution in [3.8, 4) is 11.1 Å². The third-order valence-electron chi connectivity index (χ3n) is 6.46. The summed E-state index contributed by atoms with van der Waals surface area (Å²) in [7, 11) is 0. The van der Waals surface area contributed by atoms with Gasteiger partial charge in [0.2, 0.25) is 5.88 Å². The van der Waals surface area contributed by atoms with Gasteiger partial charge in [-0.1, -0.05) is 60.1 Å². The molecule has 2 aromatic carbocycles. The number of hydrogen-bond donors (Lipinski definition) is 3. The van der Waals surface area contributed by atoms with Crippen LogP contribution in [0.3, 0.4) is 0 Å². The predicted molar refractivity (Wildman–Crippen MR) is 121 cm³/mol. The Morgan fingerprint density at radius 2 is 1.71 bits per heavy atom. The molecule has 0 radical (unpaired) electrons. The Hall–Kier alpha value is -4.14. The number of fused-ring (bicyclic) bond motifs is 3. The summed E-state index contributed by atoms with van der Waals surface area (Å²) in [5, 5.41) is 18.1. The average molecular weight is 461 g/mol. The minimum atomic E-state index is -0.930. The van der Waals surface area contributed by atoms with Crippen molar-refractivity contribution in [3.63, 3.8) is 0 Å². The van der Waals surface area contributed by atoms with Crippen LogP contribution in [-0.4, -0.2) is 40.9 Å². The number of anilines is 1. The molecule has 0 saturated heterocycles. The van der Waals surface area contributed by atoms with E-state index in [2.05, 4.69) is 27.9 Å². The number of carbonyl (C=O) groups is 3. The van der Waals surface area contributed by atoms with Crippen molar-refractivity contribution in [1.82, 2.24) is 10.5 Å². The molecule has 9 heteroatoms. The van der Waals surface area contributed by atoms with Gasteiger partial charge < -0.3 is 19.7 Å². The first-order chi connectivity index (χ1) is 16.5. The molecule has 2 amide bonds. The third-order valence-corrected chi connectivity index (χ3v) is 6.46. The van der Waals surface area contributed by atoms with Gasteiger partial charge in [-0.3, -0.25) is 14.9 Å². The zero-order valence-electron chi connectivity index (χ0n) is 18.2. The van der Waals surface area contributed by atoms with Crippen LogP contribution in [0.5, 0.6) is 0 Å². The molecule has 1 fully saturated rings. The van der Waals surface area contributed by atoms with E-state index < -0.39 is 29.9 Å². The topological polar surface area (TPSA) is 131 Å². The maximum absolute atomic E-state index is 12.4. The first kappa shape index (κ1) is 21.7.